The number of rotatable bonds is 3. The molecule has 8 nitrogen and oxygen atoms in total. The minimum absolute atomic E-state index is 0. The summed E-state index contributed by atoms with van der Waals surface area (Å²) in [6.45, 7) is 5.30. The molecular weight excluding hydrogens is 298 g/mol. The number of nitrogens with zero attached hydrogens (tertiary/aromatic N) is 4. The maximum atomic E-state index is 12.2. The van der Waals surface area contributed by atoms with E-state index in [2.05, 4.69) is 5.10 Å². The van der Waals surface area contributed by atoms with Gasteiger partial charge in [0, 0.05) is 19.1 Å². The van der Waals surface area contributed by atoms with Crippen LogP contribution in [-0.4, -0.2) is 44.6 Å². The Morgan fingerprint density at radius 1 is 1.62 bits per heavy atom. The highest BCUT2D eigenvalue weighted by Gasteiger charge is 2.35. The van der Waals surface area contributed by atoms with Crippen molar-refractivity contribution in [3.05, 3.63) is 22.4 Å². The van der Waals surface area contributed by atoms with E-state index < -0.39 is 4.92 Å². The lowest BCUT2D eigenvalue weighted by atomic mass is 9.80. The predicted octanol–water partition coefficient (Wildman–Crippen LogP) is 0.799. The van der Waals surface area contributed by atoms with E-state index in [1.165, 1.54) is 16.9 Å². The lowest BCUT2D eigenvalue weighted by molar-refractivity contribution is -0.389. The summed E-state index contributed by atoms with van der Waals surface area (Å²) < 4.78 is 1.29. The van der Waals surface area contributed by atoms with Crippen molar-refractivity contribution in [2.75, 3.05) is 13.1 Å². The molecule has 1 aliphatic heterocycles. The van der Waals surface area contributed by atoms with Crippen LogP contribution in [0.2, 0.25) is 0 Å². The fraction of sp³-hybridized carbons (Fsp3) is 0.667. The number of aromatic nitrogens is 2. The highest BCUT2D eigenvalue weighted by atomic mass is 35.5. The standard InChI is InChI=1S/C12H19N5O3.ClH/c1-12(2)8-15(5-3-9(12)13)11(18)7-16-6-4-10(14-16)17(19)20;/h4,6,9H,3,5,7-8,13H2,1-2H3;1H. The molecule has 1 unspecified atom stereocenters. The van der Waals surface area contributed by atoms with E-state index in [-0.39, 0.29) is 42.1 Å². The molecule has 21 heavy (non-hydrogen) atoms. The van der Waals surface area contributed by atoms with E-state index in [9.17, 15) is 14.9 Å². The number of amides is 1. The molecule has 1 atom stereocenters. The Balaban J connectivity index is 0.00000220. The summed E-state index contributed by atoms with van der Waals surface area (Å²) in [4.78, 5) is 23.9. The summed E-state index contributed by atoms with van der Waals surface area (Å²) in [5, 5.41) is 14.3. The molecule has 0 saturated carbocycles. The maximum Gasteiger partial charge on any atom is 0.389 e. The first-order valence-corrected chi connectivity index (χ1v) is 6.51. The number of carbonyl (C=O) groups is 1. The second-order valence-corrected chi connectivity index (χ2v) is 5.83. The molecule has 1 aliphatic rings. The van der Waals surface area contributed by atoms with Crippen LogP contribution in [0.1, 0.15) is 20.3 Å². The molecule has 0 spiro atoms. The molecule has 0 aromatic carbocycles. The van der Waals surface area contributed by atoms with Gasteiger partial charge in [-0.05, 0) is 16.8 Å². The van der Waals surface area contributed by atoms with Crippen LogP contribution < -0.4 is 5.73 Å². The van der Waals surface area contributed by atoms with Gasteiger partial charge in [-0.2, -0.15) is 4.68 Å². The molecule has 0 radical (unpaired) electrons. The van der Waals surface area contributed by atoms with Crippen LogP contribution in [0.3, 0.4) is 0 Å². The molecule has 2 N–H and O–H groups in total. The second-order valence-electron chi connectivity index (χ2n) is 5.83. The number of likely N-dealkylation sites (tertiary alicyclic amines) is 1. The SMILES string of the molecule is CC1(C)CN(C(=O)Cn2ccc([N+](=O)[O-])n2)CCC1N.Cl. The quantitative estimate of drug-likeness (QED) is 0.655. The number of hydrogen-bond acceptors (Lipinski definition) is 5. The summed E-state index contributed by atoms with van der Waals surface area (Å²) in [6.07, 6.45) is 2.20. The third-order valence-electron chi connectivity index (χ3n) is 3.78. The van der Waals surface area contributed by atoms with Crippen LogP contribution >= 0.6 is 12.4 Å². The minimum Gasteiger partial charge on any atom is -0.358 e. The van der Waals surface area contributed by atoms with Gasteiger partial charge in [0.1, 0.15) is 6.54 Å². The Hall–Kier alpha value is -1.67. The van der Waals surface area contributed by atoms with Gasteiger partial charge in [-0.15, -0.1) is 12.4 Å². The molecule has 2 heterocycles. The van der Waals surface area contributed by atoms with Crippen LogP contribution in [0, 0.1) is 15.5 Å². The van der Waals surface area contributed by atoms with Crippen molar-refractivity contribution < 1.29 is 9.72 Å². The van der Waals surface area contributed by atoms with Gasteiger partial charge in [0.05, 0.1) is 17.4 Å². The van der Waals surface area contributed by atoms with Gasteiger partial charge in [-0.1, -0.05) is 13.8 Å². The Morgan fingerprint density at radius 3 is 2.81 bits per heavy atom. The van der Waals surface area contributed by atoms with Crippen molar-refractivity contribution in [1.82, 2.24) is 14.7 Å². The minimum atomic E-state index is -0.579. The average Bonchev–Trinajstić information content (AvgIpc) is 2.81. The number of halogens is 1. The third-order valence-corrected chi connectivity index (χ3v) is 3.78. The van der Waals surface area contributed by atoms with E-state index >= 15 is 0 Å². The van der Waals surface area contributed by atoms with Crippen molar-refractivity contribution in [2.45, 2.75) is 32.9 Å². The predicted molar refractivity (Wildman–Crippen MR) is 79.1 cm³/mol. The summed E-state index contributed by atoms with van der Waals surface area (Å²) in [6, 6.07) is 1.36. The molecule has 1 aromatic heterocycles. The fourth-order valence-corrected chi connectivity index (χ4v) is 2.36. The zero-order valence-corrected chi connectivity index (χ0v) is 12.9. The Morgan fingerprint density at radius 2 is 2.29 bits per heavy atom. The molecule has 9 heteroatoms. The van der Waals surface area contributed by atoms with E-state index in [1.807, 2.05) is 13.8 Å². The molecule has 1 saturated heterocycles. The molecule has 118 valence electrons. The van der Waals surface area contributed by atoms with Crippen LogP contribution in [0.5, 0.6) is 0 Å². The van der Waals surface area contributed by atoms with Gasteiger partial charge < -0.3 is 20.7 Å². The van der Waals surface area contributed by atoms with Gasteiger partial charge in [-0.25, -0.2) is 0 Å². The van der Waals surface area contributed by atoms with E-state index in [0.29, 0.717) is 13.1 Å². The lowest BCUT2D eigenvalue weighted by Crippen LogP contribution is -2.54. The third kappa shape index (κ3) is 3.92. The fourth-order valence-electron chi connectivity index (χ4n) is 2.36. The number of piperidine rings is 1. The number of hydrogen-bond donors (Lipinski definition) is 1. The first kappa shape index (κ1) is 17.4. The summed E-state index contributed by atoms with van der Waals surface area (Å²) in [5.74, 6) is -0.346. The first-order chi connectivity index (χ1) is 9.29. The molecule has 1 aromatic rings. The van der Waals surface area contributed by atoms with Gasteiger partial charge >= 0.3 is 5.82 Å². The molecule has 0 aliphatic carbocycles. The zero-order chi connectivity index (χ0) is 14.9. The van der Waals surface area contributed by atoms with Crippen molar-refractivity contribution in [2.24, 2.45) is 11.1 Å². The van der Waals surface area contributed by atoms with Crippen LogP contribution in [0.15, 0.2) is 12.3 Å². The number of nitro groups is 1. The van der Waals surface area contributed by atoms with Crippen LogP contribution in [0.25, 0.3) is 0 Å². The molecule has 1 fully saturated rings. The molecule has 2 rings (SSSR count). The van der Waals surface area contributed by atoms with E-state index in [4.69, 9.17) is 5.73 Å². The van der Waals surface area contributed by atoms with Crippen molar-refractivity contribution >= 4 is 24.1 Å². The first-order valence-electron chi connectivity index (χ1n) is 6.51. The normalized spacial score (nSPS) is 20.7. The van der Waals surface area contributed by atoms with E-state index in [0.717, 1.165) is 6.42 Å². The van der Waals surface area contributed by atoms with Crippen LogP contribution in [0.4, 0.5) is 5.82 Å². The largest absolute Gasteiger partial charge is 0.389 e. The zero-order valence-electron chi connectivity index (χ0n) is 12.1. The number of nitrogens with two attached hydrogens (primary N) is 1. The van der Waals surface area contributed by atoms with Crippen molar-refractivity contribution in [3.63, 3.8) is 0 Å². The van der Waals surface area contributed by atoms with Crippen molar-refractivity contribution in [3.8, 4) is 0 Å². The highest BCUT2D eigenvalue weighted by Crippen LogP contribution is 2.27. The van der Waals surface area contributed by atoms with Crippen molar-refractivity contribution in [1.29, 1.82) is 0 Å². The topological polar surface area (TPSA) is 107 Å². The molecule has 0 bridgehead atoms. The highest BCUT2D eigenvalue weighted by molar-refractivity contribution is 5.85. The smallest absolute Gasteiger partial charge is 0.358 e. The number of carbonyl (C=O) groups excluding carboxylic acids is 1. The van der Waals surface area contributed by atoms with Gasteiger partial charge in [0.25, 0.3) is 0 Å². The summed E-state index contributed by atoms with van der Waals surface area (Å²) in [5.41, 5.74) is 5.91. The summed E-state index contributed by atoms with van der Waals surface area (Å²) in [7, 11) is 0. The Bertz CT molecular complexity index is 531. The monoisotopic (exact) mass is 317 g/mol. The van der Waals surface area contributed by atoms with E-state index in [1.54, 1.807) is 4.90 Å². The van der Waals surface area contributed by atoms with Gasteiger partial charge in [-0.3, -0.25) is 4.79 Å². The second kappa shape index (κ2) is 6.40. The van der Waals surface area contributed by atoms with Crippen LogP contribution in [-0.2, 0) is 11.3 Å². The Labute approximate surface area is 128 Å². The Kier molecular flexibility index (Phi) is 5.30. The maximum absolute atomic E-state index is 12.2. The van der Waals surface area contributed by atoms with Gasteiger partial charge in [0.2, 0.25) is 5.91 Å². The lowest BCUT2D eigenvalue weighted by Gasteiger charge is -2.42. The molecule has 1 amide bonds. The molecular formula is C12H20ClN5O3. The average molecular weight is 318 g/mol. The van der Waals surface area contributed by atoms with Gasteiger partial charge in [0.15, 0.2) is 0 Å². The summed E-state index contributed by atoms with van der Waals surface area (Å²) >= 11 is 0.